The Labute approximate surface area is 178 Å². The number of hydrogen-bond acceptors (Lipinski definition) is 5. The molecule has 1 aromatic heterocycles. The minimum Gasteiger partial charge on any atom is -0.506 e. The van der Waals surface area contributed by atoms with E-state index < -0.39 is 47.3 Å². The number of fused-ring (bicyclic) bond motifs is 2. The van der Waals surface area contributed by atoms with Crippen LogP contribution in [0.5, 0.6) is 5.75 Å². The van der Waals surface area contributed by atoms with Crippen LogP contribution in [-0.4, -0.2) is 27.0 Å². The molecule has 3 atom stereocenters. The van der Waals surface area contributed by atoms with Crippen LogP contribution in [0.4, 0.5) is 23.2 Å². The SMILES string of the molecule is C[C@@H]1C[C@](O)(C(F)(F)F)[C@@H](Nc2ccc(F)c3[nH]c(=O)ccc23)c2ccc(C#N)c(O)c21. The number of benzene rings is 2. The van der Waals surface area contributed by atoms with E-state index in [1.807, 2.05) is 0 Å². The molecule has 0 fully saturated rings. The molecule has 0 unspecified atom stereocenters. The fourth-order valence-electron chi connectivity index (χ4n) is 4.40. The molecule has 1 aliphatic carbocycles. The smallest absolute Gasteiger partial charge is 0.419 e. The summed E-state index contributed by atoms with van der Waals surface area (Å²) in [4.78, 5) is 13.9. The Morgan fingerprint density at radius 1 is 1.22 bits per heavy atom. The van der Waals surface area contributed by atoms with Crippen molar-refractivity contribution < 1.29 is 27.8 Å². The summed E-state index contributed by atoms with van der Waals surface area (Å²) in [5.41, 5.74) is -4.01. The van der Waals surface area contributed by atoms with Crippen molar-refractivity contribution in [3.8, 4) is 11.8 Å². The average molecular weight is 447 g/mol. The summed E-state index contributed by atoms with van der Waals surface area (Å²) in [6, 6.07) is 6.98. The first-order valence-corrected chi connectivity index (χ1v) is 9.61. The van der Waals surface area contributed by atoms with Gasteiger partial charge in [-0.1, -0.05) is 13.0 Å². The Balaban J connectivity index is 1.95. The number of nitrogens with one attached hydrogen (secondary N) is 2. The van der Waals surface area contributed by atoms with E-state index in [0.29, 0.717) is 0 Å². The summed E-state index contributed by atoms with van der Waals surface area (Å²) in [6.45, 7) is 1.42. The molecule has 0 bridgehead atoms. The molecule has 0 radical (unpaired) electrons. The number of halogens is 4. The molecule has 2 aromatic carbocycles. The van der Waals surface area contributed by atoms with Gasteiger partial charge >= 0.3 is 6.18 Å². The number of H-pyrrole nitrogens is 1. The largest absolute Gasteiger partial charge is 0.506 e. The van der Waals surface area contributed by atoms with Crippen LogP contribution < -0.4 is 10.9 Å². The molecule has 0 saturated carbocycles. The number of hydrogen-bond donors (Lipinski definition) is 4. The van der Waals surface area contributed by atoms with Gasteiger partial charge in [-0.2, -0.15) is 18.4 Å². The summed E-state index contributed by atoms with van der Waals surface area (Å²) in [5, 5.41) is 33.3. The Kier molecular flexibility index (Phi) is 4.90. The highest BCUT2D eigenvalue weighted by atomic mass is 19.4. The van der Waals surface area contributed by atoms with E-state index in [4.69, 9.17) is 0 Å². The van der Waals surface area contributed by atoms with Crippen molar-refractivity contribution in [2.45, 2.75) is 37.1 Å². The molecule has 6 nitrogen and oxygen atoms in total. The number of rotatable bonds is 2. The standard InChI is InChI=1S/C22H17F4N3O3/c1-10-8-21(32,22(24,25)26)20(13-3-2-11(9-27)19(31)17(10)13)28-15-6-5-14(23)18-12(15)4-7-16(30)29-18/h2-7,10,20,28,31-32H,8H2,1H3,(H,29,30)/t10-,20+,21-/m1/s1. The highest BCUT2D eigenvalue weighted by Gasteiger charge is 2.62. The van der Waals surface area contributed by atoms with Crippen LogP contribution in [0.2, 0.25) is 0 Å². The molecule has 0 aliphatic heterocycles. The zero-order valence-corrected chi connectivity index (χ0v) is 16.6. The molecule has 32 heavy (non-hydrogen) atoms. The lowest BCUT2D eigenvalue weighted by atomic mass is 9.70. The maximum absolute atomic E-state index is 14.2. The van der Waals surface area contributed by atoms with Gasteiger partial charge < -0.3 is 20.5 Å². The van der Waals surface area contributed by atoms with Gasteiger partial charge in [0, 0.05) is 22.7 Å². The van der Waals surface area contributed by atoms with Gasteiger partial charge in [0.2, 0.25) is 5.56 Å². The first kappa shape index (κ1) is 21.6. The molecule has 1 heterocycles. The average Bonchev–Trinajstić information content (AvgIpc) is 2.71. The second-order valence-corrected chi connectivity index (χ2v) is 7.89. The summed E-state index contributed by atoms with van der Waals surface area (Å²) in [7, 11) is 0. The van der Waals surface area contributed by atoms with E-state index in [1.54, 1.807) is 6.07 Å². The lowest BCUT2D eigenvalue weighted by Gasteiger charge is -2.45. The Hall–Kier alpha value is -3.58. The van der Waals surface area contributed by atoms with Crippen LogP contribution in [0.15, 0.2) is 41.2 Å². The zero-order chi connectivity index (χ0) is 23.4. The van der Waals surface area contributed by atoms with Crippen LogP contribution in [0, 0.1) is 17.1 Å². The number of alkyl halides is 3. The van der Waals surface area contributed by atoms with Gasteiger partial charge in [0.25, 0.3) is 0 Å². The van der Waals surface area contributed by atoms with E-state index in [1.165, 1.54) is 31.2 Å². The number of nitrogens with zero attached hydrogens (tertiary/aromatic N) is 1. The topological polar surface area (TPSA) is 109 Å². The molecule has 0 saturated heterocycles. The van der Waals surface area contributed by atoms with Crippen LogP contribution in [0.3, 0.4) is 0 Å². The van der Waals surface area contributed by atoms with Gasteiger partial charge in [0.05, 0.1) is 17.1 Å². The van der Waals surface area contributed by atoms with Gasteiger partial charge in [0.15, 0.2) is 5.60 Å². The van der Waals surface area contributed by atoms with Crippen molar-refractivity contribution in [3.63, 3.8) is 0 Å². The van der Waals surface area contributed by atoms with Gasteiger partial charge in [-0.15, -0.1) is 0 Å². The summed E-state index contributed by atoms with van der Waals surface area (Å²) >= 11 is 0. The Bertz CT molecular complexity index is 1330. The summed E-state index contributed by atoms with van der Waals surface area (Å²) in [5.74, 6) is -2.13. The first-order chi connectivity index (χ1) is 15.0. The number of phenols is 1. The minimum atomic E-state index is -5.05. The quantitative estimate of drug-likeness (QED) is 0.441. The highest BCUT2D eigenvalue weighted by molar-refractivity contribution is 5.91. The van der Waals surface area contributed by atoms with Gasteiger partial charge in [-0.05, 0) is 42.2 Å². The third kappa shape index (κ3) is 3.17. The lowest BCUT2D eigenvalue weighted by Crippen LogP contribution is -2.55. The Morgan fingerprint density at radius 2 is 1.94 bits per heavy atom. The molecule has 4 N–H and O–H groups in total. The number of phenolic OH excluding ortho intramolecular Hbond substituents is 1. The van der Waals surface area contributed by atoms with Crippen molar-refractivity contribution in [1.82, 2.24) is 4.98 Å². The number of nitriles is 1. The molecule has 1 aliphatic rings. The van der Waals surface area contributed by atoms with E-state index >= 15 is 0 Å². The fourth-order valence-corrected chi connectivity index (χ4v) is 4.40. The number of pyridine rings is 1. The lowest BCUT2D eigenvalue weighted by molar-refractivity contribution is -0.272. The van der Waals surface area contributed by atoms with Crippen LogP contribution in [0.25, 0.3) is 10.9 Å². The second kappa shape index (κ2) is 7.24. The molecule has 10 heteroatoms. The van der Waals surface area contributed by atoms with Crippen molar-refractivity contribution >= 4 is 16.6 Å². The molecule has 166 valence electrons. The fraction of sp³-hybridized carbons (Fsp3) is 0.273. The van der Waals surface area contributed by atoms with Gasteiger partial charge in [-0.25, -0.2) is 4.39 Å². The van der Waals surface area contributed by atoms with E-state index in [0.717, 1.165) is 12.1 Å². The van der Waals surface area contributed by atoms with E-state index in [2.05, 4.69) is 10.3 Å². The maximum atomic E-state index is 14.2. The number of aromatic hydroxyl groups is 1. The minimum absolute atomic E-state index is 0.0367. The second-order valence-electron chi connectivity index (χ2n) is 7.89. The number of aromatic nitrogens is 1. The highest BCUT2D eigenvalue weighted by Crippen LogP contribution is 2.54. The first-order valence-electron chi connectivity index (χ1n) is 9.61. The molecule has 4 rings (SSSR count). The number of aliphatic hydroxyl groups is 1. The van der Waals surface area contributed by atoms with Crippen LogP contribution >= 0.6 is 0 Å². The predicted octanol–water partition coefficient (Wildman–Crippen LogP) is 4.20. The molecule has 0 amide bonds. The maximum Gasteiger partial charge on any atom is 0.419 e. The van der Waals surface area contributed by atoms with E-state index in [-0.39, 0.29) is 33.3 Å². The number of anilines is 1. The predicted molar refractivity (Wildman–Crippen MR) is 108 cm³/mol. The van der Waals surface area contributed by atoms with Gasteiger partial charge in [0.1, 0.15) is 17.6 Å². The molecular weight excluding hydrogens is 430 g/mol. The number of aromatic amines is 1. The Morgan fingerprint density at radius 3 is 2.59 bits per heavy atom. The van der Waals surface area contributed by atoms with Crippen molar-refractivity contribution in [2.75, 3.05) is 5.32 Å². The third-order valence-corrected chi connectivity index (χ3v) is 5.90. The van der Waals surface area contributed by atoms with E-state index in [9.17, 15) is 37.8 Å². The summed E-state index contributed by atoms with van der Waals surface area (Å²) < 4.78 is 56.5. The van der Waals surface area contributed by atoms with Crippen molar-refractivity contribution in [1.29, 1.82) is 5.26 Å². The molecule has 0 spiro atoms. The van der Waals surface area contributed by atoms with Crippen LogP contribution in [-0.2, 0) is 0 Å². The molecule has 3 aromatic rings. The van der Waals surface area contributed by atoms with Gasteiger partial charge in [-0.3, -0.25) is 4.79 Å². The van der Waals surface area contributed by atoms with Crippen molar-refractivity contribution in [3.05, 3.63) is 69.3 Å². The zero-order valence-electron chi connectivity index (χ0n) is 16.6. The third-order valence-electron chi connectivity index (χ3n) is 5.90. The monoisotopic (exact) mass is 447 g/mol. The summed E-state index contributed by atoms with van der Waals surface area (Å²) in [6.07, 6.45) is -5.83. The molecular formula is C22H17F4N3O3. The van der Waals surface area contributed by atoms with Crippen molar-refractivity contribution in [2.24, 2.45) is 0 Å². The van der Waals surface area contributed by atoms with Crippen LogP contribution in [0.1, 0.15) is 42.0 Å². The normalized spacial score (nSPS) is 22.9.